The zero-order valence-electron chi connectivity index (χ0n) is 8.99. The highest BCUT2D eigenvalue weighted by Crippen LogP contribution is 2.26. The highest BCUT2D eigenvalue weighted by Gasteiger charge is 2.26. The Bertz CT molecular complexity index is 427. The van der Waals surface area contributed by atoms with Crippen LogP contribution in [0.1, 0.15) is 17.0 Å². The molecular weight excluding hydrogens is 188 g/mol. The van der Waals surface area contributed by atoms with Gasteiger partial charge in [-0.25, -0.2) is 0 Å². The number of hydrogen-bond acceptors (Lipinski definition) is 4. The fraction of sp³-hybridized carbons (Fsp3) is 0.455. The van der Waals surface area contributed by atoms with Crippen LogP contribution in [-0.4, -0.2) is 24.1 Å². The maximum atomic E-state index is 9.08. The Labute approximate surface area is 89.3 Å². The average Bonchev–Trinajstić information content (AvgIpc) is 2.12. The number of hydrogen-bond donors (Lipinski definition) is 1. The van der Waals surface area contributed by atoms with Gasteiger partial charge in [-0.05, 0) is 19.9 Å². The van der Waals surface area contributed by atoms with E-state index >= 15 is 0 Å². The Morgan fingerprint density at radius 3 is 2.73 bits per heavy atom. The molecule has 1 saturated heterocycles. The van der Waals surface area contributed by atoms with Gasteiger partial charge in [0.1, 0.15) is 6.07 Å². The van der Waals surface area contributed by atoms with Crippen molar-refractivity contribution in [3.8, 4) is 6.07 Å². The second kappa shape index (κ2) is 3.52. The summed E-state index contributed by atoms with van der Waals surface area (Å²) in [6.07, 6.45) is 0. The summed E-state index contributed by atoms with van der Waals surface area (Å²) >= 11 is 0. The molecule has 0 bridgehead atoms. The van der Waals surface area contributed by atoms with Crippen LogP contribution in [0.4, 0.5) is 5.69 Å². The van der Waals surface area contributed by atoms with Crippen molar-refractivity contribution in [2.45, 2.75) is 19.9 Å². The summed E-state index contributed by atoms with van der Waals surface area (Å²) in [6.45, 7) is 5.47. The molecule has 1 aliphatic rings. The summed E-state index contributed by atoms with van der Waals surface area (Å²) < 4.78 is 0. The fourth-order valence-electron chi connectivity index (χ4n) is 1.91. The van der Waals surface area contributed by atoms with Gasteiger partial charge in [0, 0.05) is 24.8 Å². The predicted octanol–water partition coefficient (Wildman–Crippen LogP) is 0.717. The molecule has 4 nitrogen and oxygen atoms in total. The van der Waals surface area contributed by atoms with Crippen molar-refractivity contribution >= 4 is 5.69 Å². The first-order valence-electron chi connectivity index (χ1n) is 5.00. The molecule has 0 amide bonds. The summed E-state index contributed by atoms with van der Waals surface area (Å²) in [5, 5.41) is 9.08. The van der Waals surface area contributed by atoms with Crippen LogP contribution in [0, 0.1) is 25.2 Å². The van der Waals surface area contributed by atoms with E-state index in [9.17, 15) is 0 Å². The molecule has 2 heterocycles. The van der Waals surface area contributed by atoms with Gasteiger partial charge in [-0.3, -0.25) is 4.98 Å². The topological polar surface area (TPSA) is 65.9 Å². The van der Waals surface area contributed by atoms with Gasteiger partial charge in [-0.2, -0.15) is 5.26 Å². The third kappa shape index (κ3) is 1.66. The van der Waals surface area contributed by atoms with Gasteiger partial charge in [0.2, 0.25) is 0 Å². The van der Waals surface area contributed by atoms with Gasteiger partial charge in [0.15, 0.2) is 0 Å². The van der Waals surface area contributed by atoms with Gasteiger partial charge in [0.25, 0.3) is 0 Å². The average molecular weight is 202 g/mol. The second-order valence-corrected chi connectivity index (χ2v) is 4.02. The molecule has 15 heavy (non-hydrogen) atoms. The van der Waals surface area contributed by atoms with Gasteiger partial charge in [-0.1, -0.05) is 0 Å². The molecular formula is C11H14N4. The molecule has 2 rings (SSSR count). The molecule has 0 saturated carbocycles. The molecule has 78 valence electrons. The SMILES string of the molecule is Cc1cc(N2CC(N)C2)c(C#N)c(C)n1. The highest BCUT2D eigenvalue weighted by atomic mass is 15.2. The number of nitriles is 1. The number of nitrogens with zero attached hydrogens (tertiary/aromatic N) is 3. The summed E-state index contributed by atoms with van der Waals surface area (Å²) in [7, 11) is 0. The van der Waals surface area contributed by atoms with Crippen LogP contribution in [0.25, 0.3) is 0 Å². The summed E-state index contributed by atoms with van der Waals surface area (Å²) in [5.74, 6) is 0. The van der Waals surface area contributed by atoms with Crippen molar-refractivity contribution in [2.24, 2.45) is 5.73 Å². The number of nitrogens with two attached hydrogens (primary N) is 1. The van der Waals surface area contributed by atoms with Crippen molar-refractivity contribution in [1.29, 1.82) is 5.26 Å². The third-order valence-electron chi connectivity index (χ3n) is 2.67. The first-order valence-corrected chi connectivity index (χ1v) is 5.00. The van der Waals surface area contributed by atoms with Crippen molar-refractivity contribution in [2.75, 3.05) is 18.0 Å². The molecule has 0 unspecified atom stereocenters. The van der Waals surface area contributed by atoms with E-state index in [0.717, 1.165) is 30.2 Å². The van der Waals surface area contributed by atoms with Crippen LogP contribution in [0.3, 0.4) is 0 Å². The smallest absolute Gasteiger partial charge is 0.103 e. The van der Waals surface area contributed by atoms with Gasteiger partial charge < -0.3 is 10.6 Å². The standard InChI is InChI=1S/C11H14N4/c1-7-3-11(15-5-9(13)6-15)10(4-12)8(2)14-7/h3,9H,5-6,13H2,1-2H3. The van der Waals surface area contributed by atoms with Gasteiger partial charge in [-0.15, -0.1) is 0 Å². The number of anilines is 1. The monoisotopic (exact) mass is 202 g/mol. The molecule has 1 aromatic heterocycles. The van der Waals surface area contributed by atoms with E-state index in [-0.39, 0.29) is 6.04 Å². The third-order valence-corrected chi connectivity index (χ3v) is 2.67. The van der Waals surface area contributed by atoms with E-state index < -0.39 is 0 Å². The lowest BCUT2D eigenvalue weighted by molar-refractivity contribution is 0.518. The molecule has 0 atom stereocenters. The molecule has 0 aromatic carbocycles. The first-order chi connectivity index (χ1) is 7.11. The van der Waals surface area contributed by atoms with Crippen molar-refractivity contribution in [3.63, 3.8) is 0 Å². The van der Waals surface area contributed by atoms with Crippen LogP contribution < -0.4 is 10.6 Å². The maximum Gasteiger partial charge on any atom is 0.103 e. The molecule has 1 aliphatic heterocycles. The van der Waals surface area contributed by atoms with Crippen LogP contribution >= 0.6 is 0 Å². The molecule has 2 N–H and O–H groups in total. The number of aryl methyl sites for hydroxylation is 2. The molecule has 1 fully saturated rings. The largest absolute Gasteiger partial charge is 0.367 e. The van der Waals surface area contributed by atoms with E-state index in [4.69, 9.17) is 11.0 Å². The lowest BCUT2D eigenvalue weighted by Crippen LogP contribution is -2.56. The minimum Gasteiger partial charge on any atom is -0.367 e. The van der Waals surface area contributed by atoms with Crippen molar-refractivity contribution < 1.29 is 0 Å². The van der Waals surface area contributed by atoms with E-state index in [1.54, 1.807) is 0 Å². The van der Waals surface area contributed by atoms with Crippen LogP contribution in [0.2, 0.25) is 0 Å². The maximum absolute atomic E-state index is 9.08. The zero-order chi connectivity index (χ0) is 11.0. The van der Waals surface area contributed by atoms with Gasteiger partial charge in [0.05, 0.1) is 16.9 Å². The summed E-state index contributed by atoms with van der Waals surface area (Å²) in [6, 6.07) is 4.41. The van der Waals surface area contributed by atoms with Crippen LogP contribution in [-0.2, 0) is 0 Å². The lowest BCUT2D eigenvalue weighted by Gasteiger charge is -2.39. The molecule has 4 heteroatoms. The Morgan fingerprint density at radius 2 is 2.20 bits per heavy atom. The molecule has 1 aromatic rings. The molecule has 0 aliphatic carbocycles. The van der Waals surface area contributed by atoms with Crippen molar-refractivity contribution in [1.82, 2.24) is 4.98 Å². The minimum absolute atomic E-state index is 0.241. The Kier molecular flexibility index (Phi) is 2.33. The molecule has 0 radical (unpaired) electrons. The van der Waals surface area contributed by atoms with E-state index in [1.807, 2.05) is 19.9 Å². The van der Waals surface area contributed by atoms with E-state index in [2.05, 4.69) is 16.0 Å². The number of rotatable bonds is 1. The molecule has 0 spiro atoms. The van der Waals surface area contributed by atoms with E-state index in [1.165, 1.54) is 0 Å². The van der Waals surface area contributed by atoms with Crippen molar-refractivity contribution in [3.05, 3.63) is 23.0 Å². The quantitative estimate of drug-likeness (QED) is 0.728. The predicted molar refractivity (Wildman–Crippen MR) is 58.6 cm³/mol. The Morgan fingerprint density at radius 1 is 1.53 bits per heavy atom. The Hall–Kier alpha value is -1.60. The first kappa shape index (κ1) is 9.94. The highest BCUT2D eigenvalue weighted by molar-refractivity contribution is 5.63. The fourth-order valence-corrected chi connectivity index (χ4v) is 1.91. The van der Waals surface area contributed by atoms with Crippen LogP contribution in [0.5, 0.6) is 0 Å². The second-order valence-electron chi connectivity index (χ2n) is 4.02. The normalized spacial score (nSPS) is 16.0. The zero-order valence-corrected chi connectivity index (χ0v) is 8.99. The number of aromatic nitrogens is 1. The van der Waals surface area contributed by atoms with Gasteiger partial charge >= 0.3 is 0 Å². The minimum atomic E-state index is 0.241. The number of pyridine rings is 1. The van der Waals surface area contributed by atoms with Crippen LogP contribution in [0.15, 0.2) is 6.07 Å². The Balaban J connectivity index is 2.42. The van der Waals surface area contributed by atoms with E-state index in [0.29, 0.717) is 5.56 Å². The lowest BCUT2D eigenvalue weighted by atomic mass is 10.0. The summed E-state index contributed by atoms with van der Waals surface area (Å²) in [5.41, 5.74) is 9.13. The summed E-state index contributed by atoms with van der Waals surface area (Å²) in [4.78, 5) is 6.41.